The van der Waals surface area contributed by atoms with Gasteiger partial charge in [0.25, 0.3) is 11.8 Å². The monoisotopic (exact) mass is 359 g/mol. The lowest BCUT2D eigenvalue weighted by Gasteiger charge is -2.11. The minimum absolute atomic E-state index is 0.0621. The number of aromatic amines is 1. The Morgan fingerprint density at radius 1 is 1.22 bits per heavy atom. The number of aryl methyl sites for hydroxylation is 1. The Morgan fingerprint density at radius 2 is 2.00 bits per heavy atom. The molecule has 1 aliphatic carbocycles. The molecule has 5 nitrogen and oxygen atoms in total. The number of hydrogen-bond acceptors (Lipinski definition) is 2. The second kappa shape index (κ2) is 6.76. The van der Waals surface area contributed by atoms with Crippen molar-refractivity contribution >= 4 is 23.6 Å². The van der Waals surface area contributed by atoms with Crippen molar-refractivity contribution in [1.82, 2.24) is 10.3 Å². The number of rotatable bonds is 3. The van der Waals surface area contributed by atoms with Crippen LogP contribution in [0.3, 0.4) is 0 Å². The van der Waals surface area contributed by atoms with Crippen molar-refractivity contribution < 1.29 is 9.59 Å². The van der Waals surface area contributed by atoms with E-state index in [4.69, 9.17) is 0 Å². The number of nitrogens with one attached hydrogen (secondary N) is 3. The molecule has 0 spiro atoms. The van der Waals surface area contributed by atoms with E-state index < -0.39 is 0 Å². The zero-order valence-electron chi connectivity index (χ0n) is 15.3. The molecule has 0 radical (unpaired) electrons. The zero-order valence-corrected chi connectivity index (χ0v) is 15.3. The molecule has 1 fully saturated rings. The number of hydrogen-bond donors (Lipinski definition) is 3. The third-order valence-electron chi connectivity index (χ3n) is 5.09. The van der Waals surface area contributed by atoms with E-state index in [1.165, 1.54) is 0 Å². The van der Waals surface area contributed by atoms with Crippen LogP contribution >= 0.6 is 0 Å². The third kappa shape index (κ3) is 3.12. The van der Waals surface area contributed by atoms with E-state index in [9.17, 15) is 9.59 Å². The molecule has 2 heterocycles. The molecule has 1 saturated heterocycles. The van der Waals surface area contributed by atoms with Crippen LogP contribution in [0.15, 0.2) is 59.8 Å². The van der Waals surface area contributed by atoms with Gasteiger partial charge in [0.2, 0.25) is 0 Å². The summed E-state index contributed by atoms with van der Waals surface area (Å²) in [5.41, 5.74) is 5.45. The molecule has 2 aliphatic rings. The minimum atomic E-state index is -0.158. The lowest BCUT2D eigenvalue weighted by Crippen LogP contribution is -2.13. The van der Waals surface area contributed by atoms with Crippen LogP contribution in [0.2, 0.25) is 0 Å². The zero-order chi connectivity index (χ0) is 19.0. The maximum Gasteiger partial charge on any atom is 0.257 e. The molecule has 2 aromatic rings. The molecule has 0 bridgehead atoms. The predicted molar refractivity (Wildman–Crippen MR) is 106 cm³/mol. The highest BCUT2D eigenvalue weighted by atomic mass is 16.2. The molecule has 5 heteroatoms. The van der Waals surface area contributed by atoms with Crippen LogP contribution in [0.4, 0.5) is 5.69 Å². The number of anilines is 1. The van der Waals surface area contributed by atoms with Gasteiger partial charge in [-0.1, -0.05) is 30.4 Å². The molecule has 1 aromatic heterocycles. The molecule has 1 unspecified atom stereocenters. The molecular formula is C22H21N3O2. The Bertz CT molecular complexity index is 1010. The van der Waals surface area contributed by atoms with Crippen LogP contribution in [-0.2, 0) is 4.79 Å². The highest BCUT2D eigenvalue weighted by Gasteiger charge is 2.33. The molecule has 1 aromatic carbocycles. The molecule has 136 valence electrons. The first kappa shape index (κ1) is 17.1. The van der Waals surface area contributed by atoms with Gasteiger partial charge in [-0.3, -0.25) is 9.59 Å². The first-order valence-electron chi connectivity index (χ1n) is 9.00. The van der Waals surface area contributed by atoms with Crippen molar-refractivity contribution in [2.45, 2.75) is 20.3 Å². The van der Waals surface area contributed by atoms with Gasteiger partial charge in [-0.15, -0.1) is 0 Å². The Hall–Kier alpha value is -3.34. The molecule has 2 amide bonds. The molecule has 27 heavy (non-hydrogen) atoms. The highest BCUT2D eigenvalue weighted by Crippen LogP contribution is 2.34. The lowest BCUT2D eigenvalue weighted by molar-refractivity contribution is -0.115. The number of para-hydroxylation sites is 1. The van der Waals surface area contributed by atoms with Crippen LogP contribution in [0.5, 0.6) is 0 Å². The van der Waals surface area contributed by atoms with E-state index in [1.54, 1.807) is 0 Å². The molecular weight excluding hydrogens is 338 g/mol. The number of H-pyrrole nitrogens is 1. The summed E-state index contributed by atoms with van der Waals surface area (Å²) in [6.45, 7) is 3.78. The van der Waals surface area contributed by atoms with Crippen molar-refractivity contribution in [1.29, 1.82) is 0 Å². The predicted octanol–water partition coefficient (Wildman–Crippen LogP) is 3.86. The largest absolute Gasteiger partial charge is 0.358 e. The standard InChI is InChI=1S/C22H21N3O2/c1-13-19(12-17-16-10-6-7-11-18(16)25-21(17)26)23-14(2)20(13)22(27)24-15-8-4-3-5-9-15/h3-9,11-12,16,23H,10H2,1-2H3,(H,24,27)(H,25,26). The first-order valence-corrected chi connectivity index (χ1v) is 9.00. The number of fused-ring (bicyclic) bond motifs is 1. The normalized spacial score (nSPS) is 19.6. The summed E-state index contributed by atoms with van der Waals surface area (Å²) < 4.78 is 0. The van der Waals surface area contributed by atoms with Crippen LogP contribution in [-0.4, -0.2) is 16.8 Å². The Morgan fingerprint density at radius 3 is 2.78 bits per heavy atom. The van der Waals surface area contributed by atoms with Gasteiger partial charge in [0.1, 0.15) is 0 Å². The Kier molecular flexibility index (Phi) is 4.28. The van der Waals surface area contributed by atoms with Gasteiger partial charge >= 0.3 is 0 Å². The highest BCUT2D eigenvalue weighted by molar-refractivity contribution is 6.07. The fourth-order valence-electron chi connectivity index (χ4n) is 3.71. The minimum Gasteiger partial charge on any atom is -0.358 e. The fraction of sp³-hybridized carbons (Fsp3) is 0.182. The third-order valence-corrected chi connectivity index (χ3v) is 5.09. The molecule has 1 aliphatic heterocycles. The second-order valence-corrected chi connectivity index (χ2v) is 6.88. The summed E-state index contributed by atoms with van der Waals surface area (Å²) in [6, 6.07) is 9.37. The number of amides is 2. The van der Waals surface area contributed by atoms with Gasteiger partial charge in [0.15, 0.2) is 0 Å². The molecule has 3 N–H and O–H groups in total. The fourth-order valence-corrected chi connectivity index (χ4v) is 3.71. The van der Waals surface area contributed by atoms with E-state index in [2.05, 4.69) is 21.7 Å². The number of carbonyl (C=O) groups excluding carboxylic acids is 2. The Balaban J connectivity index is 1.65. The second-order valence-electron chi connectivity index (χ2n) is 6.88. The van der Waals surface area contributed by atoms with Gasteiger partial charge in [-0.25, -0.2) is 0 Å². The average molecular weight is 359 g/mol. The van der Waals surface area contributed by atoms with Crippen molar-refractivity contribution in [2.75, 3.05) is 5.32 Å². The molecule has 4 rings (SSSR count). The van der Waals surface area contributed by atoms with Crippen molar-refractivity contribution in [3.8, 4) is 0 Å². The van der Waals surface area contributed by atoms with Crippen LogP contribution in [0, 0.1) is 19.8 Å². The first-order chi connectivity index (χ1) is 13.0. The van der Waals surface area contributed by atoms with E-state index in [-0.39, 0.29) is 17.7 Å². The number of carbonyl (C=O) groups is 2. The van der Waals surface area contributed by atoms with Crippen molar-refractivity contribution in [2.24, 2.45) is 5.92 Å². The average Bonchev–Trinajstić information content (AvgIpc) is 3.12. The summed E-state index contributed by atoms with van der Waals surface area (Å²) >= 11 is 0. The number of aromatic nitrogens is 1. The van der Waals surface area contributed by atoms with Crippen LogP contribution < -0.4 is 10.6 Å². The lowest BCUT2D eigenvalue weighted by atomic mass is 9.91. The topological polar surface area (TPSA) is 74.0 Å². The quantitative estimate of drug-likeness (QED) is 0.728. The number of benzene rings is 1. The van der Waals surface area contributed by atoms with E-state index in [1.807, 2.05) is 62.4 Å². The summed E-state index contributed by atoms with van der Waals surface area (Å²) in [4.78, 5) is 28.4. The molecule has 0 saturated carbocycles. The smallest absolute Gasteiger partial charge is 0.257 e. The summed E-state index contributed by atoms with van der Waals surface area (Å²) in [5.74, 6) is -0.168. The van der Waals surface area contributed by atoms with Gasteiger partial charge < -0.3 is 15.6 Å². The maximum absolute atomic E-state index is 12.7. The van der Waals surface area contributed by atoms with Gasteiger partial charge in [0.05, 0.1) is 5.56 Å². The van der Waals surface area contributed by atoms with Crippen molar-refractivity contribution in [3.63, 3.8) is 0 Å². The van der Waals surface area contributed by atoms with Crippen molar-refractivity contribution in [3.05, 3.63) is 82.3 Å². The van der Waals surface area contributed by atoms with E-state index in [0.717, 1.165) is 40.3 Å². The van der Waals surface area contributed by atoms with Gasteiger partial charge in [-0.05, 0) is 50.1 Å². The van der Waals surface area contributed by atoms with Gasteiger partial charge in [0, 0.05) is 34.3 Å². The summed E-state index contributed by atoms with van der Waals surface area (Å²) in [7, 11) is 0. The Labute approximate surface area is 157 Å². The summed E-state index contributed by atoms with van der Waals surface area (Å²) in [5, 5.41) is 5.86. The summed E-state index contributed by atoms with van der Waals surface area (Å²) in [6.07, 6.45) is 8.65. The molecule has 1 atom stereocenters. The maximum atomic E-state index is 12.7. The van der Waals surface area contributed by atoms with E-state index >= 15 is 0 Å². The SMILES string of the molecule is Cc1[nH]c(C=C2C(=O)NC3=CC=CCC32)c(C)c1C(=O)Nc1ccccc1. The van der Waals surface area contributed by atoms with E-state index in [0.29, 0.717) is 5.56 Å². The number of allylic oxidation sites excluding steroid dienone is 4. The van der Waals surface area contributed by atoms with Gasteiger partial charge in [-0.2, -0.15) is 0 Å². The van der Waals surface area contributed by atoms with Crippen LogP contribution in [0.1, 0.15) is 33.7 Å². The van der Waals surface area contributed by atoms with Crippen LogP contribution in [0.25, 0.3) is 6.08 Å².